The van der Waals surface area contributed by atoms with Crippen LogP contribution in [-0.4, -0.2) is 145 Å². The van der Waals surface area contributed by atoms with E-state index >= 15 is 0 Å². The number of hydrogen-bond acceptors (Lipinski definition) is 7. The van der Waals surface area contributed by atoms with E-state index in [1.54, 1.807) is 14.0 Å². The highest BCUT2D eigenvalue weighted by atomic mass is 28.4. The number of esters is 1. The lowest BCUT2D eigenvalue weighted by molar-refractivity contribution is -0.882. The van der Waals surface area contributed by atoms with E-state index in [1.165, 1.54) is 0 Å². The second-order valence-electron chi connectivity index (χ2n) is 17.0. The second-order valence-corrected chi connectivity index (χ2v) is 30.3. The van der Waals surface area contributed by atoms with Gasteiger partial charge in [0.1, 0.15) is 0 Å². The van der Waals surface area contributed by atoms with Gasteiger partial charge in [-0.15, -0.1) is 0 Å². The highest BCUT2D eigenvalue weighted by Gasteiger charge is 2.32. The highest BCUT2D eigenvalue weighted by molar-refractivity contribution is 6.84. The van der Waals surface area contributed by atoms with Crippen molar-refractivity contribution in [2.24, 2.45) is 0 Å². The maximum atomic E-state index is 12.6. The molecule has 3 amide bonds. The fourth-order valence-corrected chi connectivity index (χ4v) is 16.0. The van der Waals surface area contributed by atoms with E-state index in [1.807, 2.05) is 28.2 Å². The summed E-state index contributed by atoms with van der Waals surface area (Å²) in [5.41, 5.74) is 0.391. The third-order valence-electron chi connectivity index (χ3n) is 8.64. The van der Waals surface area contributed by atoms with Crippen LogP contribution in [0.15, 0.2) is 12.2 Å². The summed E-state index contributed by atoms with van der Waals surface area (Å²) >= 11 is 0. The van der Waals surface area contributed by atoms with Gasteiger partial charge < -0.3 is 38.2 Å². The molecule has 0 bridgehead atoms. The van der Waals surface area contributed by atoms with Crippen molar-refractivity contribution in [2.45, 2.75) is 103 Å². The van der Waals surface area contributed by atoms with Crippen LogP contribution in [0.4, 0.5) is 0 Å². The van der Waals surface area contributed by atoms with Crippen molar-refractivity contribution in [3.8, 4) is 0 Å². The van der Waals surface area contributed by atoms with Crippen molar-refractivity contribution < 1.29 is 41.4 Å². The monoisotopic (exact) mass is 761 g/mol. The van der Waals surface area contributed by atoms with E-state index < -0.39 is 25.0 Å². The first kappa shape index (κ1) is 48.1. The van der Waals surface area contributed by atoms with Crippen LogP contribution in [0.1, 0.15) is 45.4 Å². The molecule has 0 spiro atoms. The number of carbonyl (C=O) groups excluding carboxylic acids is 4. The number of unbranched alkanes of at least 4 members (excludes halogenated alkanes) is 2. The molecule has 292 valence electrons. The minimum Gasteiger partial charge on any atom is -0.462 e. The van der Waals surface area contributed by atoms with Gasteiger partial charge in [0.05, 0.1) is 41.3 Å². The van der Waals surface area contributed by atoms with E-state index in [9.17, 15) is 19.2 Å². The zero-order valence-corrected chi connectivity index (χ0v) is 37.0. The Morgan fingerprint density at radius 1 is 0.600 bits per heavy atom. The van der Waals surface area contributed by atoms with Gasteiger partial charge in [-0.3, -0.25) is 14.4 Å². The van der Waals surface area contributed by atoms with Gasteiger partial charge in [-0.1, -0.05) is 19.4 Å². The maximum absolute atomic E-state index is 12.6. The first-order valence-electron chi connectivity index (χ1n) is 18.4. The molecule has 0 radical (unpaired) electrons. The summed E-state index contributed by atoms with van der Waals surface area (Å²) in [7, 11) is 4.29. The number of rotatable bonds is 28. The van der Waals surface area contributed by atoms with Crippen LogP contribution in [0.2, 0.25) is 57.4 Å². The Morgan fingerprint density at radius 2 is 1.00 bits per heavy atom. The fourth-order valence-electron chi connectivity index (χ4n) is 5.75. The molecule has 0 unspecified atom stereocenters. The Balaban J connectivity index is 4.23. The number of quaternary nitrogens is 2. The molecule has 3 N–H and O–H groups in total. The molecule has 50 heavy (non-hydrogen) atoms. The van der Waals surface area contributed by atoms with Crippen LogP contribution in [0.25, 0.3) is 0 Å². The summed E-state index contributed by atoms with van der Waals surface area (Å²) in [6, 6.07) is 3.10. The van der Waals surface area contributed by atoms with E-state index in [-0.39, 0.29) is 36.8 Å². The van der Waals surface area contributed by atoms with Crippen LogP contribution < -0.4 is 16.0 Å². The molecule has 0 saturated carbocycles. The van der Waals surface area contributed by atoms with Crippen molar-refractivity contribution in [2.75, 3.05) is 87.7 Å². The number of amides is 3. The number of ether oxygens (including phenoxy) is 1. The van der Waals surface area contributed by atoms with Gasteiger partial charge in [0.2, 0.25) is 0 Å². The third kappa shape index (κ3) is 26.0. The summed E-state index contributed by atoms with van der Waals surface area (Å²) in [4.78, 5) is 49.1. The predicted molar refractivity (Wildman–Crippen MR) is 211 cm³/mol. The van der Waals surface area contributed by atoms with Gasteiger partial charge in [-0.25, -0.2) is 4.79 Å². The summed E-state index contributed by atoms with van der Waals surface area (Å²) in [6.07, 6.45) is 5.44. The van der Waals surface area contributed by atoms with E-state index in [0.717, 1.165) is 56.8 Å². The van der Waals surface area contributed by atoms with Crippen LogP contribution in [-0.2, 0) is 32.5 Å². The van der Waals surface area contributed by atoms with E-state index in [4.69, 9.17) is 13.3 Å². The van der Waals surface area contributed by atoms with Crippen molar-refractivity contribution in [1.29, 1.82) is 0 Å². The molecule has 0 aromatic rings. The minimum atomic E-state index is -1.85. The van der Waals surface area contributed by atoms with E-state index in [2.05, 4.69) is 61.8 Å². The normalized spacial score (nSPS) is 12.7. The van der Waals surface area contributed by atoms with Crippen LogP contribution in [0.5, 0.6) is 0 Å². The molecule has 0 fully saturated rings. The Bertz CT molecular complexity index is 1080. The van der Waals surface area contributed by atoms with Gasteiger partial charge in [-0.2, -0.15) is 0 Å². The third-order valence-corrected chi connectivity index (χ3v) is 18.8. The molecule has 0 aliphatic carbocycles. The van der Waals surface area contributed by atoms with Gasteiger partial charge in [0.25, 0.3) is 17.7 Å². The van der Waals surface area contributed by atoms with E-state index in [0.29, 0.717) is 53.7 Å². The first-order valence-corrected chi connectivity index (χ1v) is 27.8. The Labute approximate surface area is 308 Å². The molecule has 12 nitrogen and oxygen atoms in total. The van der Waals surface area contributed by atoms with Crippen LogP contribution in [0, 0.1) is 0 Å². The smallest absolute Gasteiger partial charge is 0.333 e. The lowest BCUT2D eigenvalue weighted by Crippen LogP contribution is -2.52. The van der Waals surface area contributed by atoms with Gasteiger partial charge in [-0.05, 0) is 83.6 Å². The standard InChI is InChI=1S/C35H73N5O7Si3/c1-31(2)35(44)46-24-19-23-39(3,4)28-32(41)36-20-14-16-25-49(10,11)47-50(12,13)26-17-15-21-37-33(42)29-40(5,6)30-34(43)38-22-18-27-48(8,9)45-7/h1,14-30H2,2-13H3,(H-2,36,37,38,41,42,43)/p+2. The average Bonchev–Trinajstić information content (AvgIpc) is 2.95. The fraction of sp³-hybridized carbons (Fsp3) is 0.829. The number of nitrogens with zero attached hydrogens (tertiary/aromatic N) is 2. The van der Waals surface area contributed by atoms with Gasteiger partial charge in [0, 0.05) is 38.7 Å². The maximum Gasteiger partial charge on any atom is 0.333 e. The van der Waals surface area contributed by atoms with Crippen LogP contribution in [0.3, 0.4) is 0 Å². The molecular weight excluding hydrogens is 687 g/mol. The molecule has 15 heteroatoms. The van der Waals surface area contributed by atoms with Gasteiger partial charge in [0.15, 0.2) is 44.6 Å². The number of hydrogen-bond donors (Lipinski definition) is 3. The molecule has 0 atom stereocenters. The first-order chi connectivity index (χ1) is 22.9. The van der Waals surface area contributed by atoms with Crippen LogP contribution >= 0.6 is 0 Å². The molecule has 0 aliphatic rings. The zero-order valence-electron chi connectivity index (χ0n) is 34.0. The highest BCUT2D eigenvalue weighted by Crippen LogP contribution is 2.24. The van der Waals surface area contributed by atoms with Crippen molar-refractivity contribution in [1.82, 2.24) is 16.0 Å². The molecule has 0 heterocycles. The summed E-state index contributed by atoms with van der Waals surface area (Å²) < 4.78 is 18.4. The van der Waals surface area contributed by atoms with Crippen molar-refractivity contribution in [3.63, 3.8) is 0 Å². The lowest BCUT2D eigenvalue weighted by atomic mass is 10.3. The van der Waals surface area contributed by atoms with Crippen molar-refractivity contribution >= 4 is 48.6 Å². The lowest BCUT2D eigenvalue weighted by Gasteiger charge is -2.34. The summed E-state index contributed by atoms with van der Waals surface area (Å²) in [6.45, 7) is 22.6. The molecule has 0 rings (SSSR count). The average molecular weight is 762 g/mol. The summed E-state index contributed by atoms with van der Waals surface area (Å²) in [5.74, 6) is -0.407. The molecule has 0 aromatic heterocycles. The number of carbonyl (C=O) groups is 4. The molecular formula is C35H75N5O7Si3+2. The SMILES string of the molecule is C=C(C)C(=O)OCCC[N+](C)(C)CC(=O)NCCCC[Si](C)(C)O[Si](C)(C)CCCCNC(=O)C[N+](C)(C)CC(=O)NCCC[Si](C)(C)OC. The Morgan fingerprint density at radius 3 is 1.42 bits per heavy atom. The van der Waals surface area contributed by atoms with Crippen molar-refractivity contribution in [3.05, 3.63) is 12.2 Å². The molecule has 0 aromatic carbocycles. The molecule has 0 saturated heterocycles. The predicted octanol–water partition coefficient (Wildman–Crippen LogP) is 4.23. The Kier molecular flexibility index (Phi) is 22.1. The second kappa shape index (κ2) is 22.9. The van der Waals surface area contributed by atoms with Gasteiger partial charge >= 0.3 is 5.97 Å². The quantitative estimate of drug-likeness (QED) is 0.0358. The topological polar surface area (TPSA) is 132 Å². The Hall–Kier alpha value is -1.89. The zero-order chi connectivity index (χ0) is 38.7. The minimum absolute atomic E-state index is 0.0327. The largest absolute Gasteiger partial charge is 0.462 e. The summed E-state index contributed by atoms with van der Waals surface area (Å²) in [5, 5.41) is 9.08. The number of likely N-dealkylation sites (N-methyl/N-ethyl adjacent to an activating group) is 2. The molecule has 0 aliphatic heterocycles. The number of nitrogens with one attached hydrogen (secondary N) is 3.